The summed E-state index contributed by atoms with van der Waals surface area (Å²) in [4.78, 5) is 16.1. The fourth-order valence-electron chi connectivity index (χ4n) is 1.80. The molecule has 110 valence electrons. The Labute approximate surface area is 135 Å². The first kappa shape index (κ1) is 15.6. The lowest BCUT2D eigenvalue weighted by molar-refractivity contribution is 0.0951. The zero-order chi connectivity index (χ0) is 15.4. The number of nitrogen functional groups attached to an aromatic ring is 1. The third-order valence-electron chi connectivity index (χ3n) is 2.85. The molecule has 2 aromatic rings. The Balaban J connectivity index is 2.17. The van der Waals surface area contributed by atoms with Gasteiger partial charge in [-0.1, -0.05) is 17.7 Å². The molecule has 0 bridgehead atoms. The molecular formula is C14H13BrClN3O2. The van der Waals surface area contributed by atoms with Crippen molar-refractivity contribution in [1.29, 1.82) is 0 Å². The number of methoxy groups -OCH3 is 1. The molecule has 0 spiro atoms. The van der Waals surface area contributed by atoms with Gasteiger partial charge in [0, 0.05) is 27.8 Å². The van der Waals surface area contributed by atoms with Crippen LogP contribution in [0.25, 0.3) is 0 Å². The quantitative estimate of drug-likeness (QED) is 0.867. The number of anilines is 1. The smallest absolute Gasteiger partial charge is 0.255 e. The SMILES string of the molecule is COc1cccc(Cl)c1CNC(=O)c1cc(Br)cnc1N. The van der Waals surface area contributed by atoms with Crippen molar-refractivity contribution in [3.8, 4) is 5.75 Å². The predicted molar refractivity (Wildman–Crippen MR) is 85.5 cm³/mol. The van der Waals surface area contributed by atoms with E-state index in [1.807, 2.05) is 0 Å². The summed E-state index contributed by atoms with van der Waals surface area (Å²) >= 11 is 9.37. The molecule has 0 aliphatic rings. The number of pyridine rings is 1. The van der Waals surface area contributed by atoms with E-state index in [0.29, 0.717) is 26.4 Å². The minimum atomic E-state index is -0.330. The number of rotatable bonds is 4. The zero-order valence-corrected chi connectivity index (χ0v) is 13.5. The molecule has 0 saturated heterocycles. The number of halogens is 2. The molecule has 3 N–H and O–H groups in total. The Morgan fingerprint density at radius 3 is 3.00 bits per heavy atom. The molecule has 1 aromatic carbocycles. The van der Waals surface area contributed by atoms with E-state index >= 15 is 0 Å². The summed E-state index contributed by atoms with van der Waals surface area (Å²) in [6.07, 6.45) is 1.53. The third kappa shape index (κ3) is 3.65. The van der Waals surface area contributed by atoms with Gasteiger partial charge >= 0.3 is 0 Å². The summed E-state index contributed by atoms with van der Waals surface area (Å²) in [7, 11) is 1.55. The number of ether oxygens (including phenoxy) is 1. The minimum Gasteiger partial charge on any atom is -0.496 e. The molecule has 2 rings (SSSR count). The van der Waals surface area contributed by atoms with Crippen molar-refractivity contribution in [2.45, 2.75) is 6.54 Å². The number of nitrogens with zero attached hydrogens (tertiary/aromatic N) is 1. The Bertz CT molecular complexity index is 679. The normalized spacial score (nSPS) is 10.2. The average molecular weight is 371 g/mol. The molecule has 0 atom stereocenters. The van der Waals surface area contributed by atoms with Crippen molar-refractivity contribution < 1.29 is 9.53 Å². The van der Waals surface area contributed by atoms with Crippen molar-refractivity contribution in [1.82, 2.24) is 10.3 Å². The molecule has 1 heterocycles. The van der Waals surface area contributed by atoms with Crippen LogP contribution >= 0.6 is 27.5 Å². The van der Waals surface area contributed by atoms with Crippen molar-refractivity contribution in [3.05, 3.63) is 51.1 Å². The second-order valence-electron chi connectivity index (χ2n) is 4.19. The summed E-state index contributed by atoms with van der Waals surface area (Å²) in [5.41, 5.74) is 6.71. The van der Waals surface area contributed by atoms with Gasteiger partial charge in [-0.25, -0.2) is 4.98 Å². The summed E-state index contributed by atoms with van der Waals surface area (Å²) < 4.78 is 5.90. The molecule has 0 saturated carbocycles. The standard InChI is InChI=1S/C14H13BrClN3O2/c1-21-12-4-2-3-11(16)10(12)7-19-14(20)9-5-8(15)6-18-13(9)17/h2-6H,7H2,1H3,(H2,17,18)(H,19,20). The first-order valence-electron chi connectivity index (χ1n) is 6.03. The van der Waals surface area contributed by atoms with E-state index < -0.39 is 0 Å². The monoisotopic (exact) mass is 369 g/mol. The first-order valence-corrected chi connectivity index (χ1v) is 7.20. The molecule has 1 aromatic heterocycles. The molecule has 0 aliphatic carbocycles. The molecule has 1 amide bonds. The Morgan fingerprint density at radius 2 is 2.29 bits per heavy atom. The van der Waals surface area contributed by atoms with Gasteiger partial charge in [0.05, 0.1) is 12.7 Å². The van der Waals surface area contributed by atoms with Crippen LogP contribution in [0, 0.1) is 0 Å². The summed E-state index contributed by atoms with van der Waals surface area (Å²) in [6, 6.07) is 6.91. The number of amides is 1. The molecule has 21 heavy (non-hydrogen) atoms. The Morgan fingerprint density at radius 1 is 1.52 bits per heavy atom. The molecular weight excluding hydrogens is 358 g/mol. The van der Waals surface area contributed by atoms with Gasteiger partial charge in [0.1, 0.15) is 11.6 Å². The van der Waals surface area contributed by atoms with E-state index in [-0.39, 0.29) is 18.3 Å². The average Bonchev–Trinajstić information content (AvgIpc) is 2.47. The van der Waals surface area contributed by atoms with Gasteiger partial charge in [-0.05, 0) is 34.1 Å². The highest BCUT2D eigenvalue weighted by Gasteiger charge is 2.13. The van der Waals surface area contributed by atoms with Gasteiger partial charge in [0.2, 0.25) is 0 Å². The number of aromatic nitrogens is 1. The van der Waals surface area contributed by atoms with Crippen LogP contribution < -0.4 is 15.8 Å². The summed E-state index contributed by atoms with van der Waals surface area (Å²) in [5.74, 6) is 0.452. The van der Waals surface area contributed by atoms with Gasteiger partial charge in [-0.15, -0.1) is 0 Å². The van der Waals surface area contributed by atoms with Crippen LogP contribution in [0.3, 0.4) is 0 Å². The second-order valence-corrected chi connectivity index (χ2v) is 5.51. The van der Waals surface area contributed by atoms with E-state index in [0.717, 1.165) is 0 Å². The number of nitrogens with one attached hydrogen (secondary N) is 1. The highest BCUT2D eigenvalue weighted by atomic mass is 79.9. The number of carbonyl (C=O) groups is 1. The highest BCUT2D eigenvalue weighted by molar-refractivity contribution is 9.10. The van der Waals surface area contributed by atoms with Crippen molar-refractivity contribution >= 4 is 39.3 Å². The van der Waals surface area contributed by atoms with E-state index in [1.54, 1.807) is 31.4 Å². The lowest BCUT2D eigenvalue weighted by Crippen LogP contribution is -2.24. The molecule has 0 radical (unpaired) electrons. The molecule has 0 aliphatic heterocycles. The number of hydrogen-bond acceptors (Lipinski definition) is 4. The van der Waals surface area contributed by atoms with Gasteiger partial charge < -0.3 is 15.8 Å². The summed E-state index contributed by atoms with van der Waals surface area (Å²) in [5, 5.41) is 3.28. The van der Waals surface area contributed by atoms with Gasteiger partial charge in [-0.2, -0.15) is 0 Å². The maximum atomic E-state index is 12.2. The number of hydrogen-bond donors (Lipinski definition) is 2. The van der Waals surface area contributed by atoms with Crippen molar-refractivity contribution in [2.75, 3.05) is 12.8 Å². The topological polar surface area (TPSA) is 77.2 Å². The van der Waals surface area contributed by atoms with Crippen LogP contribution in [-0.2, 0) is 6.54 Å². The largest absolute Gasteiger partial charge is 0.496 e. The highest BCUT2D eigenvalue weighted by Crippen LogP contribution is 2.26. The number of nitrogens with two attached hydrogens (primary N) is 1. The van der Waals surface area contributed by atoms with Crippen LogP contribution in [0.4, 0.5) is 5.82 Å². The molecule has 5 nitrogen and oxygen atoms in total. The van der Waals surface area contributed by atoms with Gasteiger partial charge in [0.15, 0.2) is 0 Å². The first-order chi connectivity index (χ1) is 10.0. The lowest BCUT2D eigenvalue weighted by Gasteiger charge is -2.12. The third-order valence-corrected chi connectivity index (χ3v) is 3.64. The summed E-state index contributed by atoms with van der Waals surface area (Å²) in [6.45, 7) is 0.230. The fourth-order valence-corrected chi connectivity index (χ4v) is 2.36. The van der Waals surface area contributed by atoms with Crippen LogP contribution in [0.15, 0.2) is 34.9 Å². The lowest BCUT2D eigenvalue weighted by atomic mass is 10.2. The zero-order valence-electron chi connectivity index (χ0n) is 11.2. The maximum Gasteiger partial charge on any atom is 0.255 e. The van der Waals surface area contributed by atoms with E-state index in [4.69, 9.17) is 22.1 Å². The number of carbonyl (C=O) groups excluding carboxylic acids is 1. The van der Waals surface area contributed by atoms with Crippen LogP contribution in [0.5, 0.6) is 5.75 Å². The van der Waals surface area contributed by atoms with Gasteiger partial charge in [0.25, 0.3) is 5.91 Å². The van der Waals surface area contributed by atoms with E-state index in [1.165, 1.54) is 6.20 Å². The molecule has 0 fully saturated rings. The molecule has 7 heteroatoms. The Hall–Kier alpha value is -1.79. The van der Waals surface area contributed by atoms with Crippen LogP contribution in [-0.4, -0.2) is 18.0 Å². The van der Waals surface area contributed by atoms with E-state index in [9.17, 15) is 4.79 Å². The van der Waals surface area contributed by atoms with Crippen LogP contribution in [0.1, 0.15) is 15.9 Å². The Kier molecular flexibility index (Phi) is 5.03. The molecule has 0 unspecified atom stereocenters. The van der Waals surface area contributed by atoms with Crippen LogP contribution in [0.2, 0.25) is 5.02 Å². The minimum absolute atomic E-state index is 0.168. The number of benzene rings is 1. The predicted octanol–water partition coefficient (Wildman–Crippen LogP) is 3.02. The van der Waals surface area contributed by atoms with Gasteiger partial charge in [-0.3, -0.25) is 4.79 Å². The fraction of sp³-hybridized carbons (Fsp3) is 0.143. The van der Waals surface area contributed by atoms with Crippen molar-refractivity contribution in [3.63, 3.8) is 0 Å². The second kappa shape index (κ2) is 6.78. The van der Waals surface area contributed by atoms with E-state index in [2.05, 4.69) is 26.2 Å². The maximum absolute atomic E-state index is 12.2. The van der Waals surface area contributed by atoms with Crippen molar-refractivity contribution in [2.24, 2.45) is 0 Å².